The molecule has 0 spiro atoms. The molecule has 0 fully saturated rings. The van der Waals surface area contributed by atoms with Gasteiger partial charge in [-0.2, -0.15) is 5.10 Å². The molecule has 0 aliphatic rings. The zero-order valence-corrected chi connectivity index (χ0v) is 16.8. The van der Waals surface area contributed by atoms with Gasteiger partial charge in [-0.1, -0.05) is 55.5 Å². The summed E-state index contributed by atoms with van der Waals surface area (Å²) < 4.78 is 7.53. The number of para-hydroxylation sites is 1. The van der Waals surface area contributed by atoms with Crippen LogP contribution in [-0.2, 0) is 6.42 Å². The van der Waals surface area contributed by atoms with Crippen LogP contribution in [0, 0.1) is 0 Å². The molecule has 6 heteroatoms. The first-order chi connectivity index (χ1) is 14.2. The molecule has 1 amide bonds. The van der Waals surface area contributed by atoms with Crippen molar-refractivity contribution in [1.82, 2.24) is 14.7 Å². The van der Waals surface area contributed by atoms with Gasteiger partial charge in [0, 0.05) is 19.6 Å². The first-order valence-corrected chi connectivity index (χ1v) is 10.0. The summed E-state index contributed by atoms with van der Waals surface area (Å²) in [5.41, 5.74) is 8.16. The van der Waals surface area contributed by atoms with Gasteiger partial charge >= 0.3 is 0 Å². The maximum absolute atomic E-state index is 13.3. The lowest BCUT2D eigenvalue weighted by atomic mass is 10.1. The van der Waals surface area contributed by atoms with E-state index in [1.807, 2.05) is 55.5 Å². The Balaban J connectivity index is 1.84. The lowest BCUT2D eigenvalue weighted by molar-refractivity contribution is 0.0751. The van der Waals surface area contributed by atoms with Crippen molar-refractivity contribution in [2.24, 2.45) is 5.73 Å². The number of benzene rings is 2. The summed E-state index contributed by atoms with van der Waals surface area (Å²) in [6, 6.07) is 19.8. The molecule has 0 aliphatic heterocycles. The molecule has 0 saturated carbocycles. The van der Waals surface area contributed by atoms with Gasteiger partial charge in [0.1, 0.15) is 0 Å². The van der Waals surface area contributed by atoms with Crippen molar-refractivity contribution in [3.8, 4) is 11.4 Å². The number of carbonyl (C=O) groups is 1. The highest BCUT2D eigenvalue weighted by Crippen LogP contribution is 2.22. The number of aromatic nitrogens is 2. The number of hydrogen-bond donors (Lipinski definition) is 1. The summed E-state index contributed by atoms with van der Waals surface area (Å²) in [5, 5.41) is 4.55. The fraction of sp³-hybridized carbons (Fsp3) is 0.304. The molecule has 0 bridgehead atoms. The number of carbonyl (C=O) groups excluding carboxylic acids is 1. The van der Waals surface area contributed by atoms with Crippen LogP contribution in [0.15, 0.2) is 66.9 Å². The van der Waals surface area contributed by atoms with E-state index >= 15 is 0 Å². The van der Waals surface area contributed by atoms with Gasteiger partial charge in [0.15, 0.2) is 11.4 Å². The molecule has 3 rings (SSSR count). The highest BCUT2D eigenvalue weighted by Gasteiger charge is 2.24. The summed E-state index contributed by atoms with van der Waals surface area (Å²) >= 11 is 0. The normalized spacial score (nSPS) is 10.7. The molecule has 29 heavy (non-hydrogen) atoms. The highest BCUT2D eigenvalue weighted by atomic mass is 16.5. The molecular formula is C23H28N4O2. The van der Waals surface area contributed by atoms with E-state index < -0.39 is 0 Å². The van der Waals surface area contributed by atoms with Gasteiger partial charge in [-0.25, -0.2) is 4.68 Å². The Kier molecular flexibility index (Phi) is 7.41. The van der Waals surface area contributed by atoms with Gasteiger partial charge in [-0.05, 0) is 30.5 Å². The molecule has 1 aromatic heterocycles. The zero-order chi connectivity index (χ0) is 20.5. The summed E-state index contributed by atoms with van der Waals surface area (Å²) in [4.78, 5) is 15.1. The Morgan fingerprint density at radius 2 is 1.76 bits per heavy atom. The van der Waals surface area contributed by atoms with E-state index in [9.17, 15) is 4.79 Å². The fourth-order valence-electron chi connectivity index (χ4n) is 3.07. The number of nitrogens with zero attached hydrogens (tertiary/aromatic N) is 3. The summed E-state index contributed by atoms with van der Waals surface area (Å²) in [5.74, 6) is 0.342. The van der Waals surface area contributed by atoms with Gasteiger partial charge < -0.3 is 15.4 Å². The van der Waals surface area contributed by atoms with E-state index in [1.54, 1.807) is 15.8 Å². The Labute approximate surface area is 171 Å². The van der Waals surface area contributed by atoms with Gasteiger partial charge in [0.05, 0.1) is 18.5 Å². The molecule has 6 nitrogen and oxygen atoms in total. The SMILES string of the molecule is CCCOc1cn(-c2ccccc2)nc1C(=O)N(CCN)CCc1ccccc1. The van der Waals surface area contributed by atoms with Crippen LogP contribution in [0.3, 0.4) is 0 Å². The molecule has 0 radical (unpaired) electrons. The van der Waals surface area contributed by atoms with Crippen LogP contribution in [-0.4, -0.2) is 46.8 Å². The van der Waals surface area contributed by atoms with Crippen LogP contribution in [0.5, 0.6) is 5.75 Å². The minimum absolute atomic E-state index is 0.160. The van der Waals surface area contributed by atoms with Crippen molar-refractivity contribution in [2.75, 3.05) is 26.2 Å². The highest BCUT2D eigenvalue weighted by molar-refractivity contribution is 5.95. The minimum Gasteiger partial charge on any atom is -0.489 e. The number of rotatable bonds is 10. The van der Waals surface area contributed by atoms with Crippen molar-refractivity contribution in [1.29, 1.82) is 0 Å². The monoisotopic (exact) mass is 392 g/mol. The van der Waals surface area contributed by atoms with Gasteiger partial charge in [0.2, 0.25) is 0 Å². The predicted octanol–water partition coefficient (Wildman–Crippen LogP) is 3.30. The van der Waals surface area contributed by atoms with Crippen LogP contribution in [0.25, 0.3) is 5.69 Å². The van der Waals surface area contributed by atoms with Crippen LogP contribution < -0.4 is 10.5 Å². The van der Waals surface area contributed by atoms with Crippen LogP contribution in [0.2, 0.25) is 0 Å². The molecule has 3 aromatic rings. The first-order valence-electron chi connectivity index (χ1n) is 10.0. The molecule has 0 aliphatic carbocycles. The average molecular weight is 393 g/mol. The van der Waals surface area contributed by atoms with E-state index in [0.717, 1.165) is 18.5 Å². The molecule has 1 heterocycles. The van der Waals surface area contributed by atoms with E-state index in [0.29, 0.717) is 37.7 Å². The van der Waals surface area contributed by atoms with Crippen LogP contribution in [0.4, 0.5) is 0 Å². The van der Waals surface area contributed by atoms with Crippen molar-refractivity contribution in [3.05, 3.63) is 78.1 Å². The number of nitrogens with two attached hydrogens (primary N) is 1. The van der Waals surface area contributed by atoms with Crippen molar-refractivity contribution in [3.63, 3.8) is 0 Å². The second-order valence-corrected chi connectivity index (χ2v) is 6.79. The summed E-state index contributed by atoms with van der Waals surface area (Å²) in [6.45, 7) is 4.00. The third-order valence-corrected chi connectivity index (χ3v) is 4.57. The lowest BCUT2D eigenvalue weighted by Gasteiger charge is -2.21. The minimum atomic E-state index is -0.160. The molecule has 0 atom stereocenters. The standard InChI is InChI=1S/C23H28N4O2/c1-2-17-29-21-18-27(20-11-7-4-8-12-20)25-22(21)23(28)26(16-14-24)15-13-19-9-5-3-6-10-19/h3-12,18H,2,13-17,24H2,1H3. The molecule has 152 valence electrons. The van der Waals surface area contributed by atoms with Crippen molar-refractivity contribution >= 4 is 5.91 Å². The van der Waals surface area contributed by atoms with E-state index in [-0.39, 0.29) is 5.91 Å². The Morgan fingerprint density at radius 3 is 2.41 bits per heavy atom. The van der Waals surface area contributed by atoms with Crippen LogP contribution in [0.1, 0.15) is 29.4 Å². The largest absolute Gasteiger partial charge is 0.489 e. The third kappa shape index (κ3) is 5.45. The molecule has 0 saturated heterocycles. The van der Waals surface area contributed by atoms with E-state index in [1.165, 1.54) is 5.56 Å². The first kappa shape index (κ1) is 20.6. The quantitative estimate of drug-likeness (QED) is 0.574. The van der Waals surface area contributed by atoms with E-state index in [2.05, 4.69) is 17.2 Å². The maximum atomic E-state index is 13.3. The summed E-state index contributed by atoms with van der Waals surface area (Å²) in [7, 11) is 0. The molecule has 2 aromatic carbocycles. The zero-order valence-electron chi connectivity index (χ0n) is 16.8. The van der Waals surface area contributed by atoms with Crippen LogP contribution >= 0.6 is 0 Å². The third-order valence-electron chi connectivity index (χ3n) is 4.57. The number of amides is 1. The average Bonchev–Trinajstić information content (AvgIpc) is 3.20. The maximum Gasteiger partial charge on any atom is 0.278 e. The van der Waals surface area contributed by atoms with Crippen molar-refractivity contribution < 1.29 is 9.53 Å². The van der Waals surface area contributed by atoms with Gasteiger partial charge in [-0.15, -0.1) is 0 Å². The second-order valence-electron chi connectivity index (χ2n) is 6.79. The van der Waals surface area contributed by atoms with E-state index in [4.69, 9.17) is 10.5 Å². The predicted molar refractivity (Wildman–Crippen MR) is 114 cm³/mol. The Morgan fingerprint density at radius 1 is 1.07 bits per heavy atom. The van der Waals surface area contributed by atoms with Gasteiger partial charge in [-0.3, -0.25) is 4.79 Å². The lowest BCUT2D eigenvalue weighted by Crippen LogP contribution is -2.37. The fourth-order valence-corrected chi connectivity index (χ4v) is 3.07. The molecule has 0 unspecified atom stereocenters. The Bertz CT molecular complexity index is 894. The number of hydrogen-bond acceptors (Lipinski definition) is 4. The molecule has 2 N–H and O–H groups in total. The van der Waals surface area contributed by atoms with Crippen molar-refractivity contribution in [2.45, 2.75) is 19.8 Å². The second kappa shape index (κ2) is 10.4. The molecular weight excluding hydrogens is 364 g/mol. The number of ether oxygens (including phenoxy) is 1. The summed E-state index contributed by atoms with van der Waals surface area (Å²) in [6.07, 6.45) is 3.39. The van der Waals surface area contributed by atoms with Gasteiger partial charge in [0.25, 0.3) is 5.91 Å². The Hall–Kier alpha value is -3.12. The topological polar surface area (TPSA) is 73.4 Å². The smallest absolute Gasteiger partial charge is 0.278 e.